The first kappa shape index (κ1) is 28.1. The quantitative estimate of drug-likeness (QED) is 0.172. The zero-order chi connectivity index (χ0) is 32.7. The van der Waals surface area contributed by atoms with Crippen LogP contribution in [0.25, 0.3) is 87.6 Å². The maximum absolute atomic E-state index is 2.42. The molecule has 0 saturated carbocycles. The second-order valence-electron chi connectivity index (χ2n) is 14.0. The van der Waals surface area contributed by atoms with Crippen molar-refractivity contribution in [1.82, 2.24) is 0 Å². The Labute approximate surface area is 286 Å². The van der Waals surface area contributed by atoms with Crippen molar-refractivity contribution < 1.29 is 0 Å². The summed E-state index contributed by atoms with van der Waals surface area (Å²) in [6.45, 7) is 4.85. The summed E-state index contributed by atoms with van der Waals surface area (Å²) in [6, 6.07) is 63.0. The van der Waals surface area contributed by atoms with Crippen LogP contribution in [0.1, 0.15) is 25.0 Å². The molecule has 0 saturated heterocycles. The van der Waals surface area contributed by atoms with Gasteiger partial charge in [0.2, 0.25) is 0 Å². The average molecular weight is 623 g/mol. The van der Waals surface area contributed by atoms with Crippen molar-refractivity contribution in [3.63, 3.8) is 0 Å². The van der Waals surface area contributed by atoms with E-state index < -0.39 is 0 Å². The number of hydrogen-bond acceptors (Lipinski definition) is 0. The van der Waals surface area contributed by atoms with E-state index in [1.54, 1.807) is 0 Å². The molecule has 0 amide bonds. The van der Waals surface area contributed by atoms with Crippen LogP contribution in [-0.2, 0) is 5.41 Å². The lowest BCUT2D eigenvalue weighted by Crippen LogP contribution is -2.17. The molecule has 49 heavy (non-hydrogen) atoms. The van der Waals surface area contributed by atoms with Gasteiger partial charge in [0.25, 0.3) is 0 Å². The van der Waals surface area contributed by atoms with Crippen molar-refractivity contribution in [3.8, 4) is 44.5 Å². The minimum Gasteiger partial charge on any atom is -0.0616 e. The first-order chi connectivity index (χ1) is 24.1. The van der Waals surface area contributed by atoms with Crippen molar-refractivity contribution in [2.45, 2.75) is 19.3 Å². The van der Waals surface area contributed by atoms with Crippen molar-refractivity contribution in [3.05, 3.63) is 181 Å². The van der Waals surface area contributed by atoms with Crippen LogP contribution in [0.2, 0.25) is 0 Å². The van der Waals surface area contributed by atoms with Gasteiger partial charge in [0, 0.05) is 5.41 Å². The van der Waals surface area contributed by atoms with Gasteiger partial charge in [0.15, 0.2) is 0 Å². The zero-order valence-electron chi connectivity index (χ0n) is 27.7. The van der Waals surface area contributed by atoms with Crippen LogP contribution in [0.5, 0.6) is 0 Å². The van der Waals surface area contributed by atoms with Crippen LogP contribution >= 0.6 is 0 Å². The van der Waals surface area contributed by atoms with Crippen molar-refractivity contribution in [2.75, 3.05) is 0 Å². The smallest absolute Gasteiger partial charge is 0.0171 e. The van der Waals surface area contributed by atoms with Crippen molar-refractivity contribution in [1.29, 1.82) is 0 Å². The zero-order valence-corrected chi connectivity index (χ0v) is 27.7. The van der Waals surface area contributed by atoms with E-state index in [1.165, 1.54) is 98.7 Å². The van der Waals surface area contributed by atoms with Crippen LogP contribution < -0.4 is 0 Å². The van der Waals surface area contributed by atoms with Gasteiger partial charge in [-0.05, 0) is 105 Å². The summed E-state index contributed by atoms with van der Waals surface area (Å²) < 4.78 is 0. The molecule has 1 aliphatic rings. The monoisotopic (exact) mass is 622 g/mol. The highest BCUT2D eigenvalue weighted by molar-refractivity contribution is 6.23. The number of hydrogen-bond donors (Lipinski definition) is 0. The van der Waals surface area contributed by atoms with Crippen molar-refractivity contribution in [2.24, 2.45) is 0 Å². The van der Waals surface area contributed by atoms with Gasteiger partial charge in [-0.2, -0.15) is 0 Å². The molecule has 0 heteroatoms. The van der Waals surface area contributed by atoms with E-state index in [2.05, 4.69) is 184 Å². The molecule has 0 heterocycles. The van der Waals surface area contributed by atoms with E-state index in [-0.39, 0.29) is 5.41 Å². The van der Waals surface area contributed by atoms with Gasteiger partial charge in [-0.1, -0.05) is 178 Å². The highest BCUT2D eigenvalue weighted by Gasteiger charge is 2.39. The maximum atomic E-state index is 2.42. The molecular formula is C49H34. The van der Waals surface area contributed by atoms with Crippen LogP contribution in [0.4, 0.5) is 0 Å². The predicted octanol–water partition coefficient (Wildman–Crippen LogP) is 13.6. The van der Waals surface area contributed by atoms with Gasteiger partial charge in [-0.3, -0.25) is 0 Å². The molecule has 0 fully saturated rings. The topological polar surface area (TPSA) is 0 Å². The van der Waals surface area contributed by atoms with Crippen LogP contribution in [-0.4, -0.2) is 0 Å². The van der Waals surface area contributed by atoms with Gasteiger partial charge in [0.1, 0.15) is 0 Å². The normalized spacial score (nSPS) is 13.3. The van der Waals surface area contributed by atoms with E-state index in [0.29, 0.717) is 0 Å². The lowest BCUT2D eigenvalue weighted by atomic mass is 9.75. The van der Waals surface area contributed by atoms with Gasteiger partial charge in [0.05, 0.1) is 0 Å². The van der Waals surface area contributed by atoms with Crippen LogP contribution in [0, 0.1) is 0 Å². The molecule has 9 aromatic carbocycles. The second kappa shape index (κ2) is 10.5. The Hall–Kier alpha value is -5.98. The first-order valence-electron chi connectivity index (χ1n) is 17.3. The summed E-state index contributed by atoms with van der Waals surface area (Å²) in [4.78, 5) is 0. The predicted molar refractivity (Wildman–Crippen MR) is 210 cm³/mol. The molecule has 0 bridgehead atoms. The highest BCUT2D eigenvalue weighted by Crippen LogP contribution is 2.56. The fraction of sp³-hybridized carbons (Fsp3) is 0.0612. The molecule has 0 aromatic heterocycles. The summed E-state index contributed by atoms with van der Waals surface area (Å²) in [7, 11) is 0. The third-order valence-electron chi connectivity index (χ3n) is 11.0. The average Bonchev–Trinajstić information content (AvgIpc) is 3.40. The molecular weight excluding hydrogens is 589 g/mol. The molecule has 10 rings (SSSR count). The van der Waals surface area contributed by atoms with Gasteiger partial charge in [-0.15, -0.1) is 0 Å². The number of rotatable bonds is 3. The largest absolute Gasteiger partial charge is 0.0616 e. The van der Waals surface area contributed by atoms with E-state index in [0.717, 1.165) is 0 Å². The van der Waals surface area contributed by atoms with E-state index in [9.17, 15) is 0 Å². The lowest BCUT2D eigenvalue weighted by molar-refractivity contribution is 0.668. The molecule has 1 aliphatic carbocycles. The minimum absolute atomic E-state index is 0.175. The first-order valence-corrected chi connectivity index (χ1v) is 17.3. The molecule has 0 radical (unpaired) electrons. The van der Waals surface area contributed by atoms with Gasteiger partial charge in [-0.25, -0.2) is 0 Å². The molecule has 0 N–H and O–H groups in total. The van der Waals surface area contributed by atoms with E-state index in [4.69, 9.17) is 0 Å². The molecule has 0 atom stereocenters. The molecule has 230 valence electrons. The van der Waals surface area contributed by atoms with Crippen LogP contribution in [0.15, 0.2) is 170 Å². The van der Waals surface area contributed by atoms with Gasteiger partial charge >= 0.3 is 0 Å². The Morgan fingerprint density at radius 2 is 0.776 bits per heavy atom. The Kier molecular flexibility index (Phi) is 6.02. The Bertz CT molecular complexity index is 2740. The standard InChI is InChI=1S/C49H34/c1-49(2)47-36-18-6-5-15-32(36)28-29-43(47)42-24-13-25-44(48(42)49)46-40-22-11-9-20-38(40)45(39-21-10-12-23-41(39)46)37-19-8-7-17-35(37)34-27-26-31-14-3-4-16-33(31)30-34/h3-30H,1-2H3. The summed E-state index contributed by atoms with van der Waals surface area (Å²) >= 11 is 0. The lowest BCUT2D eigenvalue weighted by Gasteiger charge is -2.27. The fourth-order valence-corrected chi connectivity index (χ4v) is 8.97. The fourth-order valence-electron chi connectivity index (χ4n) is 8.97. The van der Waals surface area contributed by atoms with E-state index >= 15 is 0 Å². The highest BCUT2D eigenvalue weighted by atomic mass is 14.4. The SMILES string of the molecule is CC1(C)c2c(cccc2-c2c3ccccc3c(-c3ccccc3-c3ccc4ccccc4c3)c3ccccc23)-c2ccc3ccccc3c21. The second-order valence-corrected chi connectivity index (χ2v) is 14.0. The number of fused-ring (bicyclic) bond motifs is 8. The summed E-state index contributed by atoms with van der Waals surface area (Å²) in [5.41, 5.74) is 13.1. The Morgan fingerprint density at radius 3 is 1.47 bits per heavy atom. The Morgan fingerprint density at radius 1 is 0.306 bits per heavy atom. The molecule has 0 nitrogen and oxygen atoms in total. The summed E-state index contributed by atoms with van der Waals surface area (Å²) in [5.74, 6) is 0. The third-order valence-corrected chi connectivity index (χ3v) is 11.0. The summed E-state index contributed by atoms with van der Waals surface area (Å²) in [5, 5.41) is 10.3. The number of benzene rings is 9. The molecule has 0 spiro atoms. The minimum atomic E-state index is -0.175. The Balaban J connectivity index is 1.28. The summed E-state index contributed by atoms with van der Waals surface area (Å²) in [6.07, 6.45) is 0. The molecule has 9 aromatic rings. The van der Waals surface area contributed by atoms with Crippen LogP contribution in [0.3, 0.4) is 0 Å². The van der Waals surface area contributed by atoms with Gasteiger partial charge < -0.3 is 0 Å². The molecule has 0 aliphatic heterocycles. The third kappa shape index (κ3) is 4.04. The van der Waals surface area contributed by atoms with E-state index in [1.807, 2.05) is 0 Å². The van der Waals surface area contributed by atoms with Crippen molar-refractivity contribution >= 4 is 43.1 Å². The molecule has 0 unspecified atom stereocenters. The maximum Gasteiger partial charge on any atom is 0.0171 e.